The Morgan fingerprint density at radius 2 is 0.796 bits per heavy atom. The fourth-order valence-electron chi connectivity index (χ4n) is 6.65. The Morgan fingerprint density at radius 3 is 1.12 bits per heavy atom. The van der Waals surface area contributed by atoms with E-state index in [2.05, 4.69) is 179 Å². The number of aryl methyl sites for hydroxylation is 4. The van der Waals surface area contributed by atoms with E-state index < -0.39 is 0 Å². The monoisotopic (exact) mass is 816 g/mol. The van der Waals surface area contributed by atoms with Crippen LogP contribution in [0.2, 0.25) is 0 Å². The average molecular weight is 819 g/mol. The molecule has 5 heteroatoms. The quantitative estimate of drug-likeness (QED) is 0.103. The van der Waals surface area contributed by atoms with Crippen LogP contribution in [0.15, 0.2) is 119 Å². The van der Waals surface area contributed by atoms with Crippen LogP contribution < -0.4 is 0 Å². The molecule has 0 atom stereocenters. The van der Waals surface area contributed by atoms with Gasteiger partial charge in [-0.05, 0) is 130 Å². The maximum atomic E-state index is 5.29. The van der Waals surface area contributed by atoms with Crippen molar-refractivity contribution in [1.29, 1.82) is 0 Å². The minimum absolute atomic E-state index is 0.920. The van der Waals surface area contributed by atoms with Crippen LogP contribution in [0.5, 0.6) is 0 Å². The first kappa shape index (κ1) is 36.9. The van der Waals surface area contributed by atoms with E-state index in [-0.39, 0.29) is 0 Å². The van der Waals surface area contributed by atoms with Gasteiger partial charge in [-0.15, -0.1) is 0 Å². The normalized spacial score (nSPS) is 12.0. The van der Waals surface area contributed by atoms with E-state index >= 15 is 0 Å². The van der Waals surface area contributed by atoms with Crippen molar-refractivity contribution in [2.45, 2.75) is 67.2 Å². The Kier molecular flexibility index (Phi) is 13.2. The maximum absolute atomic E-state index is 5.29. The molecule has 2 nitrogen and oxygen atoms in total. The van der Waals surface area contributed by atoms with Gasteiger partial charge in [-0.1, -0.05) is 113 Å². The van der Waals surface area contributed by atoms with Crippen molar-refractivity contribution in [3.8, 4) is 22.3 Å². The molecule has 6 aromatic carbocycles. The number of benzene rings is 6. The third kappa shape index (κ3) is 8.34. The van der Waals surface area contributed by atoms with Crippen LogP contribution in [0.4, 0.5) is 11.4 Å². The molecular formula is C44H44Br2N2Ni. The molecule has 6 rings (SSSR count). The summed E-state index contributed by atoms with van der Waals surface area (Å²) in [5.74, 6) is 0. The summed E-state index contributed by atoms with van der Waals surface area (Å²) in [6.07, 6.45) is 3.68. The Hall–Kier alpha value is -3.37. The standard InChI is InChI=1S/C44H44N2.2BrH.Ni/c1-7-31-25-37(41-23-15-19-35-17-11-13-21-39(35)41)26-32(8-2)43(31)45-29(5)30(6)46-44-33(9-3)27-38(28-34(44)10-4)42-24-16-20-36-18-12-14-22-40(36)42;;;/h11-28H,7-10H2,1-6H3;2*1H;/q;;;+2/p-2. The first-order valence-corrected chi connectivity index (χ1v) is 22.0. The van der Waals surface area contributed by atoms with Crippen LogP contribution in [0.3, 0.4) is 0 Å². The summed E-state index contributed by atoms with van der Waals surface area (Å²) < 4.78 is 0. The molecular weight excluding hydrogens is 775 g/mol. The summed E-state index contributed by atoms with van der Waals surface area (Å²) in [7, 11) is 1.25. The molecule has 0 spiro atoms. The van der Waals surface area contributed by atoms with Crippen LogP contribution >= 0.6 is 28.5 Å². The Bertz CT molecular complexity index is 1930. The molecule has 0 amide bonds. The van der Waals surface area contributed by atoms with E-state index in [1.54, 1.807) is 0 Å². The van der Waals surface area contributed by atoms with Crippen LogP contribution in [0.1, 0.15) is 63.8 Å². The predicted molar refractivity (Wildman–Crippen MR) is 220 cm³/mol. The molecule has 0 radical (unpaired) electrons. The number of halogens is 2. The number of rotatable bonds is 9. The predicted octanol–water partition coefficient (Wildman–Crippen LogP) is 14.2. The van der Waals surface area contributed by atoms with Gasteiger partial charge in [0.2, 0.25) is 0 Å². The van der Waals surface area contributed by atoms with E-state index in [0.717, 1.165) is 48.5 Å². The second kappa shape index (κ2) is 17.5. The summed E-state index contributed by atoms with van der Waals surface area (Å²) in [5, 5.41) is 5.11. The summed E-state index contributed by atoms with van der Waals surface area (Å²) in [4.78, 5) is 10.6. The summed E-state index contributed by atoms with van der Waals surface area (Å²) in [5.41, 5.74) is 14.3. The summed E-state index contributed by atoms with van der Waals surface area (Å²) in [6.45, 7) is 13.1. The van der Waals surface area contributed by atoms with E-state index in [0.29, 0.717) is 0 Å². The Labute approximate surface area is 312 Å². The van der Waals surface area contributed by atoms with Gasteiger partial charge < -0.3 is 0 Å². The zero-order valence-corrected chi connectivity index (χ0v) is 33.3. The Morgan fingerprint density at radius 1 is 0.490 bits per heavy atom. The van der Waals surface area contributed by atoms with Crippen LogP contribution in [0, 0.1) is 0 Å². The first-order chi connectivity index (χ1) is 23.9. The molecule has 0 bridgehead atoms. The third-order valence-electron chi connectivity index (χ3n) is 9.34. The van der Waals surface area contributed by atoms with E-state index in [4.69, 9.17) is 9.98 Å². The molecule has 0 N–H and O–H groups in total. The zero-order chi connectivity index (χ0) is 34.9. The van der Waals surface area contributed by atoms with Crippen LogP contribution in [0.25, 0.3) is 43.8 Å². The molecule has 0 saturated heterocycles. The second-order valence-electron chi connectivity index (χ2n) is 12.2. The zero-order valence-electron chi connectivity index (χ0n) is 29.2. The van der Waals surface area contributed by atoms with Crippen LogP contribution in [-0.4, -0.2) is 11.4 Å². The number of nitrogens with zero attached hydrogens (tertiary/aromatic N) is 2. The van der Waals surface area contributed by atoms with Gasteiger partial charge in [0.15, 0.2) is 0 Å². The molecule has 254 valence electrons. The SMILES string of the molecule is CCc1cc(-c2cccc3ccccc23)cc(CC)c1N=C(C)C(C)=Nc1c(CC)cc(-c2cccc3ccccc23)cc1CC.[Br][Ni][Br]. The van der Waals surface area contributed by atoms with Gasteiger partial charge >= 0.3 is 39.3 Å². The van der Waals surface area contributed by atoms with Gasteiger partial charge in [0, 0.05) is 0 Å². The van der Waals surface area contributed by atoms with Gasteiger partial charge in [-0.25, -0.2) is 0 Å². The minimum atomic E-state index is 0.920. The average Bonchev–Trinajstić information content (AvgIpc) is 3.14. The number of hydrogen-bond donors (Lipinski definition) is 0. The molecule has 0 fully saturated rings. The Balaban J connectivity index is 0.00000151. The van der Waals surface area contributed by atoms with Crippen molar-refractivity contribution in [1.82, 2.24) is 0 Å². The van der Waals surface area contributed by atoms with Crippen molar-refractivity contribution in [3.63, 3.8) is 0 Å². The van der Waals surface area contributed by atoms with Gasteiger partial charge in [0.1, 0.15) is 0 Å². The van der Waals surface area contributed by atoms with Gasteiger partial charge in [-0.3, -0.25) is 9.98 Å². The molecule has 6 aromatic rings. The van der Waals surface area contributed by atoms with Gasteiger partial charge in [-0.2, -0.15) is 0 Å². The van der Waals surface area contributed by atoms with Crippen molar-refractivity contribution in [3.05, 3.63) is 131 Å². The number of hydrogen-bond acceptors (Lipinski definition) is 2. The van der Waals surface area contributed by atoms with Crippen molar-refractivity contribution in [2.75, 3.05) is 0 Å². The molecule has 0 aliphatic heterocycles. The number of aliphatic imine (C=N–C) groups is 2. The van der Waals surface area contributed by atoms with E-state index in [1.807, 2.05) is 0 Å². The van der Waals surface area contributed by atoms with Gasteiger partial charge in [0.25, 0.3) is 0 Å². The molecule has 0 saturated carbocycles. The van der Waals surface area contributed by atoms with E-state index in [9.17, 15) is 0 Å². The molecule has 0 heterocycles. The van der Waals surface area contributed by atoms with Crippen molar-refractivity contribution < 1.29 is 10.9 Å². The molecule has 0 aliphatic rings. The molecule has 49 heavy (non-hydrogen) atoms. The van der Waals surface area contributed by atoms with Crippen molar-refractivity contribution >= 4 is 72.8 Å². The fourth-order valence-corrected chi connectivity index (χ4v) is 6.65. The third-order valence-corrected chi connectivity index (χ3v) is 9.34. The molecule has 0 unspecified atom stereocenters. The molecule has 0 aliphatic carbocycles. The fraction of sp³-hybridized carbons (Fsp3) is 0.227. The number of fused-ring (bicyclic) bond motifs is 2. The second-order valence-corrected chi connectivity index (χ2v) is 17.2. The van der Waals surface area contributed by atoms with Crippen molar-refractivity contribution in [2.24, 2.45) is 9.98 Å². The van der Waals surface area contributed by atoms with E-state index in [1.165, 1.54) is 77.0 Å². The first-order valence-electron chi connectivity index (χ1n) is 17.1. The summed E-state index contributed by atoms with van der Waals surface area (Å²) in [6, 6.07) is 39.9. The molecule has 0 aromatic heterocycles. The van der Waals surface area contributed by atoms with Crippen LogP contribution in [-0.2, 0) is 36.6 Å². The summed E-state index contributed by atoms with van der Waals surface area (Å²) >= 11 is 6.00. The van der Waals surface area contributed by atoms with Gasteiger partial charge in [0.05, 0.1) is 22.8 Å². The topological polar surface area (TPSA) is 24.7 Å².